The number of carbonyl (C=O) groups is 1. The van der Waals surface area contributed by atoms with Gasteiger partial charge in [0.25, 0.3) is 5.56 Å². The molecule has 0 saturated carbocycles. The van der Waals surface area contributed by atoms with Gasteiger partial charge in [-0.25, -0.2) is 4.98 Å². The Labute approximate surface area is 130 Å². The van der Waals surface area contributed by atoms with Crippen LogP contribution in [0, 0.1) is 18.8 Å². The molecule has 6 heteroatoms. The molecule has 120 valence electrons. The normalized spacial score (nSPS) is 23.0. The first-order chi connectivity index (χ1) is 10.6. The lowest BCUT2D eigenvalue weighted by atomic mass is 9.95. The number of hydrogen-bond donors (Lipinski definition) is 0. The van der Waals surface area contributed by atoms with Crippen molar-refractivity contribution in [2.75, 3.05) is 26.3 Å². The van der Waals surface area contributed by atoms with Crippen LogP contribution < -0.4 is 5.56 Å². The minimum absolute atomic E-state index is 0.0385. The van der Waals surface area contributed by atoms with Crippen molar-refractivity contribution in [3.05, 3.63) is 28.4 Å². The summed E-state index contributed by atoms with van der Waals surface area (Å²) in [6.07, 6.45) is 5.95. The van der Waals surface area contributed by atoms with Crippen LogP contribution in [0.4, 0.5) is 0 Å². The first kappa shape index (κ1) is 15.2. The molecular weight excluding hydrogens is 282 g/mol. The van der Waals surface area contributed by atoms with Gasteiger partial charge in [-0.1, -0.05) is 0 Å². The fourth-order valence-corrected chi connectivity index (χ4v) is 3.29. The monoisotopic (exact) mass is 305 g/mol. The van der Waals surface area contributed by atoms with Crippen LogP contribution in [0.15, 0.2) is 17.3 Å². The minimum atomic E-state index is 0.0385. The number of amides is 1. The fraction of sp³-hybridized carbons (Fsp3) is 0.688. The second-order valence-corrected chi connectivity index (χ2v) is 6.36. The van der Waals surface area contributed by atoms with Gasteiger partial charge >= 0.3 is 0 Å². The van der Waals surface area contributed by atoms with E-state index in [2.05, 4.69) is 4.98 Å². The summed E-state index contributed by atoms with van der Waals surface area (Å²) in [5, 5.41) is 0. The van der Waals surface area contributed by atoms with Crippen LogP contribution in [-0.2, 0) is 16.1 Å². The predicted octanol–water partition coefficient (Wildman–Crippen LogP) is 0.827. The van der Waals surface area contributed by atoms with Crippen molar-refractivity contribution >= 4 is 5.91 Å². The lowest BCUT2D eigenvalue weighted by Crippen LogP contribution is -2.43. The molecule has 2 aliphatic heterocycles. The highest BCUT2D eigenvalue weighted by atomic mass is 16.5. The molecule has 1 amide bonds. The molecule has 6 nitrogen and oxygen atoms in total. The average Bonchev–Trinajstić information content (AvgIpc) is 3.06. The maximum atomic E-state index is 12.3. The Hall–Kier alpha value is -1.69. The topological polar surface area (TPSA) is 64.4 Å². The van der Waals surface area contributed by atoms with E-state index in [1.165, 1.54) is 0 Å². The standard InChI is InChI=1S/C16H23N3O3/c1-12-8-17-11-19(15(12)20)9-13-2-5-18(6-3-13)16(21)14-4-7-22-10-14/h8,11,13-14H,2-7,9-10H2,1H3. The van der Waals surface area contributed by atoms with Crippen LogP contribution in [0.2, 0.25) is 0 Å². The van der Waals surface area contributed by atoms with Crippen molar-refractivity contribution in [2.45, 2.75) is 32.7 Å². The average molecular weight is 305 g/mol. The molecule has 1 aromatic heterocycles. The van der Waals surface area contributed by atoms with Gasteiger partial charge in [0.2, 0.25) is 5.91 Å². The molecule has 22 heavy (non-hydrogen) atoms. The molecule has 0 bridgehead atoms. The third-order valence-corrected chi connectivity index (χ3v) is 4.73. The molecule has 1 atom stereocenters. The van der Waals surface area contributed by atoms with Crippen molar-refractivity contribution in [3.8, 4) is 0 Å². The van der Waals surface area contributed by atoms with E-state index in [4.69, 9.17) is 4.74 Å². The Kier molecular flexibility index (Phi) is 4.57. The summed E-state index contributed by atoms with van der Waals surface area (Å²) in [5.74, 6) is 0.732. The Balaban J connectivity index is 1.54. The second-order valence-electron chi connectivity index (χ2n) is 6.36. The SMILES string of the molecule is Cc1cncn(CC2CCN(C(=O)C3CCOC3)CC2)c1=O. The van der Waals surface area contributed by atoms with Crippen LogP contribution in [0.5, 0.6) is 0 Å². The summed E-state index contributed by atoms with van der Waals surface area (Å²) < 4.78 is 7.00. The summed E-state index contributed by atoms with van der Waals surface area (Å²) >= 11 is 0. The van der Waals surface area contributed by atoms with E-state index in [0.717, 1.165) is 32.4 Å². The third-order valence-electron chi connectivity index (χ3n) is 4.73. The van der Waals surface area contributed by atoms with E-state index in [0.29, 0.717) is 31.2 Å². The number of carbonyl (C=O) groups excluding carboxylic acids is 1. The van der Waals surface area contributed by atoms with Gasteiger partial charge in [-0.3, -0.25) is 14.2 Å². The number of piperidine rings is 1. The van der Waals surface area contributed by atoms with Crippen molar-refractivity contribution in [3.63, 3.8) is 0 Å². The minimum Gasteiger partial charge on any atom is -0.381 e. The number of aromatic nitrogens is 2. The van der Waals surface area contributed by atoms with E-state index < -0.39 is 0 Å². The molecule has 3 heterocycles. The number of hydrogen-bond acceptors (Lipinski definition) is 4. The summed E-state index contributed by atoms with van der Waals surface area (Å²) in [6.45, 7) is 5.33. The van der Waals surface area contributed by atoms with Gasteiger partial charge < -0.3 is 9.64 Å². The van der Waals surface area contributed by atoms with Crippen LogP contribution in [-0.4, -0.2) is 46.7 Å². The van der Waals surface area contributed by atoms with Gasteiger partial charge in [0.05, 0.1) is 18.9 Å². The Morgan fingerprint density at radius 3 is 2.82 bits per heavy atom. The van der Waals surface area contributed by atoms with E-state index in [1.54, 1.807) is 24.0 Å². The highest BCUT2D eigenvalue weighted by molar-refractivity contribution is 5.79. The maximum absolute atomic E-state index is 12.3. The Bertz CT molecular complexity index is 585. The molecular formula is C16H23N3O3. The highest BCUT2D eigenvalue weighted by Crippen LogP contribution is 2.22. The third kappa shape index (κ3) is 3.21. The molecule has 2 fully saturated rings. The highest BCUT2D eigenvalue weighted by Gasteiger charge is 2.30. The van der Waals surface area contributed by atoms with Crippen LogP contribution >= 0.6 is 0 Å². The Morgan fingerprint density at radius 1 is 1.36 bits per heavy atom. The van der Waals surface area contributed by atoms with Gasteiger partial charge in [0.1, 0.15) is 0 Å². The first-order valence-electron chi connectivity index (χ1n) is 8.02. The second kappa shape index (κ2) is 6.60. The summed E-state index contributed by atoms with van der Waals surface area (Å²) in [6, 6.07) is 0. The zero-order chi connectivity index (χ0) is 15.5. The molecule has 0 aliphatic carbocycles. The molecule has 3 rings (SSSR count). The fourth-order valence-electron chi connectivity index (χ4n) is 3.29. The van der Waals surface area contributed by atoms with Crippen LogP contribution in [0.25, 0.3) is 0 Å². The largest absolute Gasteiger partial charge is 0.381 e. The molecule has 1 unspecified atom stereocenters. The molecule has 0 aromatic carbocycles. The smallest absolute Gasteiger partial charge is 0.256 e. The lowest BCUT2D eigenvalue weighted by molar-refractivity contribution is -0.137. The van der Waals surface area contributed by atoms with Crippen molar-refractivity contribution in [2.24, 2.45) is 11.8 Å². The zero-order valence-electron chi connectivity index (χ0n) is 13.0. The van der Waals surface area contributed by atoms with Crippen molar-refractivity contribution in [1.82, 2.24) is 14.5 Å². The van der Waals surface area contributed by atoms with E-state index in [-0.39, 0.29) is 17.4 Å². The van der Waals surface area contributed by atoms with Crippen LogP contribution in [0.1, 0.15) is 24.8 Å². The lowest BCUT2D eigenvalue weighted by Gasteiger charge is -2.33. The predicted molar refractivity (Wildman–Crippen MR) is 81.5 cm³/mol. The summed E-state index contributed by atoms with van der Waals surface area (Å²) in [4.78, 5) is 30.4. The first-order valence-corrected chi connectivity index (χ1v) is 8.02. The number of rotatable bonds is 3. The van der Waals surface area contributed by atoms with Gasteiger partial charge in [-0.05, 0) is 32.1 Å². The quantitative estimate of drug-likeness (QED) is 0.829. The molecule has 0 radical (unpaired) electrons. The van der Waals surface area contributed by atoms with Gasteiger partial charge in [-0.2, -0.15) is 0 Å². The Morgan fingerprint density at radius 2 is 2.14 bits per heavy atom. The van der Waals surface area contributed by atoms with Gasteiger partial charge in [0.15, 0.2) is 0 Å². The summed E-state index contributed by atoms with van der Waals surface area (Å²) in [7, 11) is 0. The molecule has 1 aromatic rings. The van der Waals surface area contributed by atoms with Crippen molar-refractivity contribution < 1.29 is 9.53 Å². The van der Waals surface area contributed by atoms with Gasteiger partial charge in [0, 0.05) is 38.0 Å². The molecule has 0 spiro atoms. The number of ether oxygens (including phenoxy) is 1. The van der Waals surface area contributed by atoms with Crippen molar-refractivity contribution in [1.29, 1.82) is 0 Å². The van der Waals surface area contributed by atoms with E-state index >= 15 is 0 Å². The maximum Gasteiger partial charge on any atom is 0.256 e. The molecule has 2 aliphatic rings. The summed E-state index contributed by atoms with van der Waals surface area (Å²) in [5.41, 5.74) is 0.716. The van der Waals surface area contributed by atoms with Crippen LogP contribution in [0.3, 0.4) is 0 Å². The number of nitrogens with zero attached hydrogens (tertiary/aromatic N) is 3. The number of likely N-dealkylation sites (tertiary alicyclic amines) is 1. The van der Waals surface area contributed by atoms with E-state index in [1.807, 2.05) is 4.90 Å². The molecule has 2 saturated heterocycles. The molecule has 0 N–H and O–H groups in total. The van der Waals surface area contributed by atoms with Gasteiger partial charge in [-0.15, -0.1) is 0 Å². The van der Waals surface area contributed by atoms with E-state index in [9.17, 15) is 9.59 Å². The number of aryl methyl sites for hydroxylation is 1. The zero-order valence-corrected chi connectivity index (χ0v) is 13.0.